The molecule has 0 aliphatic rings. The minimum Gasteiger partial charge on any atom is -0.545 e. The summed E-state index contributed by atoms with van der Waals surface area (Å²) in [6.45, 7) is -0.274. The number of quaternary nitrogens is 1. The highest BCUT2D eigenvalue weighted by Gasteiger charge is 1.98. The summed E-state index contributed by atoms with van der Waals surface area (Å²) in [6.07, 6.45) is 0. The Morgan fingerprint density at radius 2 is 2.00 bits per heavy atom. The number of aromatic carboxylic acids is 1. The third-order valence-electron chi connectivity index (χ3n) is 1.41. The number of aliphatic hydroxyl groups is 1. The van der Waals surface area contributed by atoms with Crippen molar-refractivity contribution in [2.45, 2.75) is 6.61 Å². The van der Waals surface area contributed by atoms with Gasteiger partial charge in [-0.1, -0.05) is 24.3 Å². The highest BCUT2D eigenvalue weighted by atomic mass is 16.4. The topological polar surface area (TPSA) is 96.9 Å². The molecule has 0 saturated carbocycles. The van der Waals surface area contributed by atoms with Crippen molar-refractivity contribution < 1.29 is 15.0 Å². The first kappa shape index (κ1) is 10.6. The molecule has 5 N–H and O–H groups in total. The van der Waals surface area contributed by atoms with Crippen molar-refractivity contribution in [1.82, 2.24) is 6.15 Å². The number of carbonyl (C=O) groups excluding carboxylic acids is 1. The standard InChI is InChI=1S/C8H8O3.H3N/c9-5-6-3-1-2-4-7(6)8(10)11;/h1-4,9H,5H2,(H,10,11);1H3. The van der Waals surface area contributed by atoms with Gasteiger partial charge < -0.3 is 21.2 Å². The van der Waals surface area contributed by atoms with E-state index in [2.05, 4.69) is 0 Å². The van der Waals surface area contributed by atoms with E-state index < -0.39 is 5.97 Å². The largest absolute Gasteiger partial charge is 0.545 e. The van der Waals surface area contributed by atoms with Gasteiger partial charge in [0.2, 0.25) is 0 Å². The van der Waals surface area contributed by atoms with E-state index in [-0.39, 0.29) is 18.3 Å². The van der Waals surface area contributed by atoms with E-state index in [1.165, 1.54) is 6.07 Å². The number of carboxylic acid groups (broad SMARTS) is 1. The molecule has 4 nitrogen and oxygen atoms in total. The third kappa shape index (κ3) is 2.05. The minimum absolute atomic E-state index is 0. The summed E-state index contributed by atoms with van der Waals surface area (Å²) >= 11 is 0. The second-order valence-electron chi connectivity index (χ2n) is 2.10. The molecule has 1 aromatic rings. The highest BCUT2D eigenvalue weighted by molar-refractivity contribution is 5.87. The van der Waals surface area contributed by atoms with Gasteiger partial charge in [0, 0.05) is 5.56 Å². The summed E-state index contributed by atoms with van der Waals surface area (Å²) < 4.78 is 0. The molecule has 0 fully saturated rings. The second-order valence-corrected chi connectivity index (χ2v) is 2.10. The van der Waals surface area contributed by atoms with E-state index in [1.807, 2.05) is 0 Å². The molecule has 0 saturated heterocycles. The van der Waals surface area contributed by atoms with Gasteiger partial charge in [-0.05, 0) is 5.56 Å². The van der Waals surface area contributed by atoms with Crippen molar-refractivity contribution >= 4 is 5.97 Å². The fourth-order valence-corrected chi connectivity index (χ4v) is 0.857. The molecule has 0 atom stereocenters. The third-order valence-corrected chi connectivity index (χ3v) is 1.41. The second kappa shape index (κ2) is 4.48. The summed E-state index contributed by atoms with van der Waals surface area (Å²) in [4.78, 5) is 10.4. The molecule has 0 aromatic heterocycles. The SMILES string of the molecule is O=C([O-])c1ccccc1CO.[NH4+]. The van der Waals surface area contributed by atoms with Crippen molar-refractivity contribution in [2.75, 3.05) is 0 Å². The Balaban J connectivity index is 0.00000121. The number of hydrogen-bond donors (Lipinski definition) is 2. The van der Waals surface area contributed by atoms with Gasteiger partial charge in [-0.15, -0.1) is 0 Å². The Kier molecular flexibility index (Phi) is 3.96. The van der Waals surface area contributed by atoms with Crippen LogP contribution in [0.2, 0.25) is 0 Å². The van der Waals surface area contributed by atoms with Crippen LogP contribution in [0.25, 0.3) is 0 Å². The van der Waals surface area contributed by atoms with Gasteiger partial charge in [0.25, 0.3) is 0 Å². The molecule has 0 aliphatic carbocycles. The van der Waals surface area contributed by atoms with E-state index in [9.17, 15) is 9.90 Å². The lowest BCUT2D eigenvalue weighted by atomic mass is 10.1. The Morgan fingerprint density at radius 1 is 1.42 bits per heavy atom. The smallest absolute Gasteiger partial charge is 0.0718 e. The lowest BCUT2D eigenvalue weighted by Crippen LogP contribution is -2.23. The van der Waals surface area contributed by atoms with Crippen LogP contribution in [0.5, 0.6) is 0 Å². The van der Waals surface area contributed by atoms with Crippen LogP contribution < -0.4 is 11.3 Å². The van der Waals surface area contributed by atoms with Crippen molar-refractivity contribution in [3.8, 4) is 0 Å². The van der Waals surface area contributed by atoms with Crippen molar-refractivity contribution in [1.29, 1.82) is 0 Å². The van der Waals surface area contributed by atoms with E-state index in [0.717, 1.165) is 0 Å². The van der Waals surface area contributed by atoms with Gasteiger partial charge >= 0.3 is 0 Å². The monoisotopic (exact) mass is 169 g/mol. The van der Waals surface area contributed by atoms with Gasteiger partial charge in [0.1, 0.15) is 0 Å². The maximum atomic E-state index is 10.4. The molecule has 0 unspecified atom stereocenters. The van der Waals surface area contributed by atoms with Crippen LogP contribution in [-0.4, -0.2) is 11.1 Å². The molecule has 1 aromatic carbocycles. The minimum atomic E-state index is -1.25. The molecule has 0 spiro atoms. The van der Waals surface area contributed by atoms with Crippen molar-refractivity contribution in [3.63, 3.8) is 0 Å². The van der Waals surface area contributed by atoms with Gasteiger partial charge in [0.05, 0.1) is 12.6 Å². The molecule has 66 valence electrons. The van der Waals surface area contributed by atoms with E-state index in [4.69, 9.17) is 5.11 Å². The van der Waals surface area contributed by atoms with Gasteiger partial charge in [0.15, 0.2) is 0 Å². The molecule has 4 heteroatoms. The summed E-state index contributed by atoms with van der Waals surface area (Å²) in [7, 11) is 0. The first-order chi connectivity index (χ1) is 5.25. The zero-order valence-electron chi connectivity index (χ0n) is 6.78. The molecule has 1 rings (SSSR count). The molecule has 0 aliphatic heterocycles. The van der Waals surface area contributed by atoms with E-state index >= 15 is 0 Å². The number of rotatable bonds is 2. The predicted molar refractivity (Wildman–Crippen MR) is 42.7 cm³/mol. The number of benzene rings is 1. The van der Waals surface area contributed by atoms with Crippen LogP contribution >= 0.6 is 0 Å². The van der Waals surface area contributed by atoms with E-state index in [1.54, 1.807) is 18.2 Å². The average Bonchev–Trinajstić information content (AvgIpc) is 2.04. The van der Waals surface area contributed by atoms with Crippen LogP contribution in [0.15, 0.2) is 24.3 Å². The van der Waals surface area contributed by atoms with Gasteiger partial charge in [-0.3, -0.25) is 0 Å². The van der Waals surface area contributed by atoms with Crippen LogP contribution in [0.4, 0.5) is 0 Å². The van der Waals surface area contributed by atoms with Crippen LogP contribution in [0, 0.1) is 0 Å². The highest BCUT2D eigenvalue weighted by Crippen LogP contribution is 2.06. The van der Waals surface area contributed by atoms with Crippen LogP contribution in [0.1, 0.15) is 15.9 Å². The lowest BCUT2D eigenvalue weighted by Gasteiger charge is -2.06. The number of aliphatic hydroxyl groups excluding tert-OH is 1. The van der Waals surface area contributed by atoms with Gasteiger partial charge in [-0.25, -0.2) is 0 Å². The van der Waals surface area contributed by atoms with Crippen LogP contribution in [0.3, 0.4) is 0 Å². The van der Waals surface area contributed by atoms with Crippen molar-refractivity contribution in [2.24, 2.45) is 0 Å². The predicted octanol–water partition coefficient (Wildman–Crippen LogP) is -0.0814. The zero-order valence-corrected chi connectivity index (χ0v) is 6.78. The molecule has 12 heavy (non-hydrogen) atoms. The fraction of sp³-hybridized carbons (Fsp3) is 0.125. The van der Waals surface area contributed by atoms with E-state index in [0.29, 0.717) is 5.56 Å². The normalized spacial score (nSPS) is 8.75. The Bertz CT molecular complexity index is 273. The van der Waals surface area contributed by atoms with Crippen LogP contribution in [-0.2, 0) is 6.61 Å². The van der Waals surface area contributed by atoms with Gasteiger partial charge in [-0.2, -0.15) is 0 Å². The number of carboxylic acids is 1. The summed E-state index contributed by atoms with van der Waals surface area (Å²) in [5.74, 6) is -1.25. The Labute approximate surface area is 70.0 Å². The summed E-state index contributed by atoms with van der Waals surface area (Å²) in [5.41, 5.74) is 0.433. The maximum absolute atomic E-state index is 10.4. The molecular formula is C8H11NO3. The fourth-order valence-electron chi connectivity index (χ4n) is 0.857. The quantitative estimate of drug-likeness (QED) is 0.647. The number of hydrogen-bond acceptors (Lipinski definition) is 3. The molecule has 0 heterocycles. The first-order valence-corrected chi connectivity index (χ1v) is 3.16. The number of carbonyl (C=O) groups is 1. The Hall–Kier alpha value is -1.39. The molecule has 0 amide bonds. The zero-order chi connectivity index (χ0) is 8.27. The maximum Gasteiger partial charge on any atom is 0.0718 e. The molecule has 0 bridgehead atoms. The Morgan fingerprint density at radius 3 is 2.42 bits per heavy atom. The average molecular weight is 169 g/mol. The lowest BCUT2D eigenvalue weighted by molar-refractivity contribution is -0.255. The summed E-state index contributed by atoms with van der Waals surface area (Å²) in [5, 5.41) is 19.0. The molecule has 0 radical (unpaired) electrons. The summed E-state index contributed by atoms with van der Waals surface area (Å²) in [6, 6.07) is 6.20. The van der Waals surface area contributed by atoms with Crippen molar-refractivity contribution in [3.05, 3.63) is 35.4 Å². The first-order valence-electron chi connectivity index (χ1n) is 3.16. The molecular weight excluding hydrogens is 158 g/mol.